The van der Waals surface area contributed by atoms with E-state index in [4.69, 9.17) is 11.6 Å². The Kier molecular flexibility index (Phi) is 6.05. The van der Waals surface area contributed by atoms with E-state index in [0.29, 0.717) is 23.1 Å². The van der Waals surface area contributed by atoms with Gasteiger partial charge in [-0.05, 0) is 74.5 Å². The van der Waals surface area contributed by atoms with Crippen LogP contribution in [0.3, 0.4) is 0 Å². The molecule has 0 aliphatic carbocycles. The zero-order valence-electron chi connectivity index (χ0n) is 18.4. The van der Waals surface area contributed by atoms with Gasteiger partial charge in [0, 0.05) is 34.9 Å². The van der Waals surface area contributed by atoms with Gasteiger partial charge in [-0.15, -0.1) is 10.2 Å². The Morgan fingerprint density at radius 3 is 2.76 bits per heavy atom. The maximum Gasteiger partial charge on any atom is 0.278 e. The minimum Gasteiger partial charge on any atom is -0.315 e. The van der Waals surface area contributed by atoms with E-state index >= 15 is 0 Å². The lowest BCUT2D eigenvalue weighted by Gasteiger charge is -2.34. The molecule has 7 nitrogen and oxygen atoms in total. The van der Waals surface area contributed by atoms with Gasteiger partial charge < -0.3 is 5.32 Å². The molecule has 1 unspecified atom stereocenters. The van der Waals surface area contributed by atoms with Gasteiger partial charge in [0.1, 0.15) is 21.5 Å². The van der Waals surface area contributed by atoms with E-state index in [1.54, 1.807) is 18.5 Å². The molecule has 1 atom stereocenters. The van der Waals surface area contributed by atoms with Crippen LogP contribution in [0.25, 0.3) is 21.3 Å². The number of fused-ring (bicyclic) bond motifs is 1. The van der Waals surface area contributed by atoms with Crippen molar-refractivity contribution in [3.8, 4) is 10.6 Å². The third-order valence-corrected chi connectivity index (χ3v) is 6.95. The molecule has 5 rings (SSSR count). The Morgan fingerprint density at radius 2 is 2.06 bits per heavy atom. The van der Waals surface area contributed by atoms with Crippen LogP contribution in [0.2, 0.25) is 5.02 Å². The van der Waals surface area contributed by atoms with E-state index < -0.39 is 0 Å². The molecular weight excluding hydrogens is 456 g/mol. The van der Waals surface area contributed by atoms with Crippen molar-refractivity contribution in [2.45, 2.75) is 32.7 Å². The quantitative estimate of drug-likeness (QED) is 0.453. The summed E-state index contributed by atoms with van der Waals surface area (Å²) in [6.07, 6.45) is 5.31. The number of nitrogens with zero attached hydrogens (tertiary/aromatic N) is 5. The lowest BCUT2D eigenvalue weighted by atomic mass is 10.0. The standard InChI is InChI=1S/C24H23ClN6OS/c1-14-10-18(25)11-16-7-9-27-22(21(14)16)31(19-4-3-8-26-13-19)24(32)20-6-5-17(12-28-20)23-30-29-15(2)33-23/h5-7,9-12,19,26H,3-4,8,13H2,1-2H3. The maximum absolute atomic E-state index is 13.9. The summed E-state index contributed by atoms with van der Waals surface area (Å²) in [7, 11) is 0. The molecule has 1 aromatic carbocycles. The molecule has 1 N–H and O–H groups in total. The molecule has 1 fully saturated rings. The smallest absolute Gasteiger partial charge is 0.278 e. The van der Waals surface area contributed by atoms with E-state index in [-0.39, 0.29) is 11.9 Å². The second kappa shape index (κ2) is 9.13. The zero-order chi connectivity index (χ0) is 22.9. The average molecular weight is 479 g/mol. The number of hydrogen-bond acceptors (Lipinski definition) is 7. The van der Waals surface area contributed by atoms with Gasteiger partial charge in [-0.2, -0.15) is 0 Å². The summed E-state index contributed by atoms with van der Waals surface area (Å²) in [4.78, 5) is 24.9. The molecule has 4 aromatic rings. The third-order valence-electron chi connectivity index (χ3n) is 5.84. The number of halogens is 1. The first-order valence-corrected chi connectivity index (χ1v) is 12.1. The molecule has 9 heteroatoms. The van der Waals surface area contributed by atoms with Gasteiger partial charge in [0.2, 0.25) is 0 Å². The Balaban J connectivity index is 1.58. The summed E-state index contributed by atoms with van der Waals surface area (Å²) in [6, 6.07) is 9.36. The van der Waals surface area contributed by atoms with Crippen LogP contribution in [-0.4, -0.2) is 45.2 Å². The molecule has 1 aliphatic rings. The molecule has 0 saturated carbocycles. The number of carbonyl (C=O) groups excluding carboxylic acids is 1. The summed E-state index contributed by atoms with van der Waals surface area (Å²) in [5, 5.41) is 15.9. The molecule has 33 heavy (non-hydrogen) atoms. The van der Waals surface area contributed by atoms with Crippen LogP contribution in [0.1, 0.15) is 33.9 Å². The first-order valence-electron chi connectivity index (χ1n) is 10.9. The van der Waals surface area contributed by atoms with Gasteiger partial charge >= 0.3 is 0 Å². The number of aryl methyl sites for hydroxylation is 2. The van der Waals surface area contributed by atoms with E-state index in [9.17, 15) is 4.79 Å². The number of hydrogen-bond donors (Lipinski definition) is 1. The Morgan fingerprint density at radius 1 is 1.18 bits per heavy atom. The van der Waals surface area contributed by atoms with Crippen LogP contribution in [0.4, 0.5) is 5.82 Å². The van der Waals surface area contributed by atoms with Gasteiger partial charge in [0.15, 0.2) is 0 Å². The van der Waals surface area contributed by atoms with Gasteiger partial charge in [0.25, 0.3) is 5.91 Å². The molecule has 0 bridgehead atoms. The van der Waals surface area contributed by atoms with Gasteiger partial charge in [-0.1, -0.05) is 22.9 Å². The Hall–Kier alpha value is -2.94. The van der Waals surface area contributed by atoms with Crippen molar-refractivity contribution in [1.29, 1.82) is 0 Å². The molecule has 1 amide bonds. The average Bonchev–Trinajstić information content (AvgIpc) is 3.26. The number of piperidine rings is 1. The van der Waals surface area contributed by atoms with Crippen LogP contribution in [0.15, 0.2) is 42.7 Å². The predicted molar refractivity (Wildman–Crippen MR) is 132 cm³/mol. The Bertz CT molecular complexity index is 1320. The van der Waals surface area contributed by atoms with E-state index in [0.717, 1.165) is 51.3 Å². The fourth-order valence-electron chi connectivity index (χ4n) is 4.31. The molecule has 3 aromatic heterocycles. The maximum atomic E-state index is 13.9. The molecular formula is C24H23ClN6OS. The second-order valence-electron chi connectivity index (χ2n) is 8.19. The highest BCUT2D eigenvalue weighted by Crippen LogP contribution is 2.33. The third kappa shape index (κ3) is 4.34. The highest BCUT2D eigenvalue weighted by Gasteiger charge is 2.31. The van der Waals surface area contributed by atoms with Gasteiger partial charge in [-0.3, -0.25) is 14.7 Å². The van der Waals surface area contributed by atoms with Crippen LogP contribution in [0, 0.1) is 13.8 Å². The predicted octanol–water partition coefficient (Wildman–Crippen LogP) is 4.82. The van der Waals surface area contributed by atoms with Crippen LogP contribution >= 0.6 is 22.9 Å². The monoisotopic (exact) mass is 478 g/mol. The molecule has 168 valence electrons. The molecule has 1 aliphatic heterocycles. The van der Waals surface area contributed by atoms with Gasteiger partial charge in [0.05, 0.1) is 6.04 Å². The number of amides is 1. The highest BCUT2D eigenvalue weighted by molar-refractivity contribution is 7.14. The number of nitrogens with one attached hydrogen (secondary N) is 1. The summed E-state index contributed by atoms with van der Waals surface area (Å²) in [5.74, 6) is 0.476. The zero-order valence-corrected chi connectivity index (χ0v) is 20.0. The minimum absolute atomic E-state index is 0.0216. The molecule has 0 radical (unpaired) electrons. The van der Waals surface area contributed by atoms with E-state index in [1.165, 1.54) is 11.3 Å². The number of aromatic nitrogens is 4. The highest BCUT2D eigenvalue weighted by atomic mass is 35.5. The van der Waals surface area contributed by atoms with Crippen molar-refractivity contribution in [3.63, 3.8) is 0 Å². The summed E-state index contributed by atoms with van der Waals surface area (Å²) >= 11 is 7.80. The van der Waals surface area contributed by atoms with Crippen molar-refractivity contribution in [3.05, 3.63) is 64.0 Å². The summed E-state index contributed by atoms with van der Waals surface area (Å²) < 4.78 is 0. The first-order chi connectivity index (χ1) is 16.0. The normalized spacial score (nSPS) is 16.2. The molecule has 4 heterocycles. The van der Waals surface area contributed by atoms with E-state index in [2.05, 4.69) is 25.5 Å². The van der Waals surface area contributed by atoms with Crippen LogP contribution in [0.5, 0.6) is 0 Å². The number of carbonyl (C=O) groups is 1. The van der Waals surface area contributed by atoms with Crippen molar-refractivity contribution in [2.24, 2.45) is 0 Å². The number of anilines is 1. The van der Waals surface area contributed by atoms with Gasteiger partial charge in [-0.25, -0.2) is 4.98 Å². The largest absolute Gasteiger partial charge is 0.315 e. The van der Waals surface area contributed by atoms with E-state index in [1.807, 2.05) is 43.0 Å². The number of benzene rings is 1. The first kappa shape index (κ1) is 21.9. The lowest BCUT2D eigenvalue weighted by molar-refractivity contribution is 0.0967. The fraction of sp³-hybridized carbons (Fsp3) is 0.292. The summed E-state index contributed by atoms with van der Waals surface area (Å²) in [6.45, 7) is 5.57. The lowest BCUT2D eigenvalue weighted by Crippen LogP contribution is -2.49. The number of pyridine rings is 2. The molecule has 1 saturated heterocycles. The second-order valence-corrected chi connectivity index (χ2v) is 9.81. The van der Waals surface area contributed by atoms with Crippen molar-refractivity contribution < 1.29 is 4.79 Å². The van der Waals surface area contributed by atoms with Crippen molar-refractivity contribution >= 4 is 45.4 Å². The van der Waals surface area contributed by atoms with Crippen LogP contribution < -0.4 is 10.2 Å². The summed E-state index contributed by atoms with van der Waals surface area (Å²) in [5.41, 5.74) is 2.20. The van der Waals surface area contributed by atoms with Crippen molar-refractivity contribution in [1.82, 2.24) is 25.5 Å². The van der Waals surface area contributed by atoms with Crippen molar-refractivity contribution in [2.75, 3.05) is 18.0 Å². The topological polar surface area (TPSA) is 83.9 Å². The molecule has 0 spiro atoms. The number of rotatable bonds is 4. The van der Waals surface area contributed by atoms with Crippen LogP contribution in [-0.2, 0) is 0 Å². The SMILES string of the molecule is Cc1nnc(-c2ccc(C(=O)N(c3nccc4cc(Cl)cc(C)c34)C3CCCNC3)nc2)s1. The Labute approximate surface area is 200 Å². The fourth-order valence-corrected chi connectivity index (χ4v) is 5.28. The minimum atomic E-state index is -0.168.